The SMILES string of the molecule is COc1ccc(-c2c(Nc3ccn(COCC[Si](C)(C)C)n3)nc3c(-c4ccccc4)c(-c4ccccc4)nn3c2OC)cc1.COc1ccc(-c2c(Nc3ccn[nH]3)nc3c(-c4ccccc4)c(-c4ccccc4)nn3c2OC)cc1. The van der Waals surface area contributed by atoms with Gasteiger partial charge in [0.1, 0.15) is 47.1 Å². The van der Waals surface area contributed by atoms with Crippen LogP contribution in [0.1, 0.15) is 0 Å². The summed E-state index contributed by atoms with van der Waals surface area (Å²) in [6.45, 7) is 8.14. The van der Waals surface area contributed by atoms with E-state index >= 15 is 0 Å². The summed E-state index contributed by atoms with van der Waals surface area (Å²) in [4.78, 5) is 10.4. The Morgan fingerprint density at radius 3 is 1.32 bits per heavy atom. The molecule has 0 bridgehead atoms. The number of nitrogens with one attached hydrogen (secondary N) is 3. The van der Waals surface area contributed by atoms with Crippen LogP contribution < -0.4 is 29.6 Å². The molecule has 0 aliphatic rings. The number of ether oxygens (including phenoxy) is 5. The molecule has 6 aromatic carbocycles. The minimum Gasteiger partial charge on any atom is -0.497 e. The summed E-state index contributed by atoms with van der Waals surface area (Å²) in [5.41, 5.74) is 12.0. The number of benzene rings is 6. The van der Waals surface area contributed by atoms with Crippen LogP contribution in [0.2, 0.25) is 25.7 Å². The lowest BCUT2D eigenvalue weighted by atomic mass is 10.0. The van der Waals surface area contributed by atoms with Crippen molar-refractivity contribution in [2.24, 2.45) is 0 Å². The lowest BCUT2D eigenvalue weighted by molar-refractivity contribution is 0.0788. The highest BCUT2D eigenvalue weighted by Crippen LogP contribution is 2.45. The van der Waals surface area contributed by atoms with Gasteiger partial charge in [-0.3, -0.25) is 5.10 Å². The monoisotopic (exact) mass is 1110 g/mol. The average Bonchev–Trinajstić information content (AvgIpc) is 4.55. The van der Waals surface area contributed by atoms with Crippen LogP contribution in [-0.2, 0) is 11.5 Å². The maximum Gasteiger partial charge on any atom is 0.228 e. The first-order valence-corrected chi connectivity index (χ1v) is 30.5. The molecule has 0 saturated heterocycles. The van der Waals surface area contributed by atoms with Crippen molar-refractivity contribution in [3.63, 3.8) is 0 Å². The fourth-order valence-electron chi connectivity index (χ4n) is 9.59. The van der Waals surface area contributed by atoms with Crippen LogP contribution in [-0.4, -0.2) is 92.3 Å². The first-order chi connectivity index (χ1) is 40.1. The molecule has 0 saturated carbocycles. The average molecular weight is 1110 g/mol. The van der Waals surface area contributed by atoms with E-state index in [-0.39, 0.29) is 0 Å². The molecule has 6 aromatic heterocycles. The van der Waals surface area contributed by atoms with Gasteiger partial charge in [-0.25, -0.2) is 14.6 Å². The van der Waals surface area contributed by atoms with Crippen molar-refractivity contribution < 1.29 is 23.7 Å². The highest BCUT2D eigenvalue weighted by atomic mass is 28.3. The predicted octanol–water partition coefficient (Wildman–Crippen LogP) is 14.2. The third-order valence-electron chi connectivity index (χ3n) is 13.7. The van der Waals surface area contributed by atoms with E-state index in [0.717, 1.165) is 91.2 Å². The molecule has 0 amide bonds. The third kappa shape index (κ3) is 11.5. The summed E-state index contributed by atoms with van der Waals surface area (Å²) in [5, 5.41) is 28.8. The van der Waals surface area contributed by atoms with Gasteiger partial charge in [0.15, 0.2) is 17.1 Å². The number of rotatable bonds is 19. The summed E-state index contributed by atoms with van der Waals surface area (Å²) in [5.74, 6) is 5.15. The standard InChI is InChI=1S/C35H38N6O3Si.C29H24N6O2/c1-42-28-18-16-26(17-19-28)31-33(36-29-20-21-40(38-29)24-44-22-23-45(3,4)5)37-34-30(25-12-8-6-9-13-25)32(27-14-10-7-11-15-27)39-41(34)35(31)43-2;1-36-22-15-13-20(14-16-22)25-27(31-23-17-18-30-33-23)32-28-24(19-9-5-3-6-10-19)26(21-11-7-4-8-12-21)34-35(28)29(25)37-2/h6-21H,22-24H2,1-5H3,(H,36,37,38);3-18H,1-2H3,(H2,30,31,32,33). The molecular formula is C64H62N12O5Si. The number of hydrogen-bond donors (Lipinski definition) is 3. The van der Waals surface area contributed by atoms with Gasteiger partial charge in [-0.2, -0.15) is 29.4 Å². The minimum absolute atomic E-state index is 0.383. The maximum atomic E-state index is 6.13. The van der Waals surface area contributed by atoms with Gasteiger partial charge >= 0.3 is 0 Å². The van der Waals surface area contributed by atoms with E-state index in [1.54, 1.807) is 48.3 Å². The van der Waals surface area contributed by atoms with Gasteiger partial charge in [0.25, 0.3) is 0 Å². The van der Waals surface area contributed by atoms with E-state index in [1.165, 1.54) is 0 Å². The topological polar surface area (TPSA) is 177 Å². The fourth-order valence-corrected chi connectivity index (χ4v) is 10.3. The van der Waals surface area contributed by atoms with Crippen molar-refractivity contribution in [2.75, 3.05) is 45.7 Å². The Balaban J connectivity index is 0.000000175. The van der Waals surface area contributed by atoms with Crippen molar-refractivity contribution in [2.45, 2.75) is 32.4 Å². The van der Waals surface area contributed by atoms with E-state index in [2.05, 4.69) is 89.0 Å². The Kier molecular flexibility index (Phi) is 15.9. The number of nitrogens with zero attached hydrogens (tertiary/aromatic N) is 9. The van der Waals surface area contributed by atoms with Gasteiger partial charge in [0, 0.05) is 44.1 Å². The van der Waals surface area contributed by atoms with Gasteiger partial charge in [0.2, 0.25) is 11.8 Å². The van der Waals surface area contributed by atoms with Gasteiger partial charge in [0.05, 0.1) is 56.9 Å². The largest absolute Gasteiger partial charge is 0.497 e. The summed E-state index contributed by atoms with van der Waals surface area (Å²) >= 11 is 0. The van der Waals surface area contributed by atoms with Gasteiger partial charge in [-0.1, -0.05) is 165 Å². The lowest BCUT2D eigenvalue weighted by Crippen LogP contribution is -2.22. The molecule has 0 atom stereocenters. The molecule has 17 nitrogen and oxygen atoms in total. The molecule has 0 radical (unpaired) electrons. The summed E-state index contributed by atoms with van der Waals surface area (Å²) in [7, 11) is 5.44. The molecule has 412 valence electrons. The van der Waals surface area contributed by atoms with E-state index in [4.69, 9.17) is 48.9 Å². The van der Waals surface area contributed by atoms with E-state index in [9.17, 15) is 0 Å². The van der Waals surface area contributed by atoms with E-state index in [0.29, 0.717) is 53.1 Å². The van der Waals surface area contributed by atoms with Gasteiger partial charge in [-0.15, -0.1) is 0 Å². The molecule has 0 aliphatic carbocycles. The van der Waals surface area contributed by atoms with Crippen LogP contribution in [0.15, 0.2) is 194 Å². The van der Waals surface area contributed by atoms with Crippen molar-refractivity contribution in [3.05, 3.63) is 194 Å². The molecule has 12 aromatic rings. The maximum absolute atomic E-state index is 6.13. The number of fused-ring (bicyclic) bond motifs is 2. The molecule has 6 heterocycles. The summed E-state index contributed by atoms with van der Waals surface area (Å²) in [6, 6.07) is 61.1. The first-order valence-electron chi connectivity index (χ1n) is 26.8. The van der Waals surface area contributed by atoms with Crippen LogP contribution in [0.3, 0.4) is 0 Å². The van der Waals surface area contributed by atoms with Crippen molar-refractivity contribution in [1.29, 1.82) is 0 Å². The molecule has 18 heteroatoms. The Morgan fingerprint density at radius 1 is 0.463 bits per heavy atom. The quantitative estimate of drug-likeness (QED) is 0.0515. The second-order valence-electron chi connectivity index (χ2n) is 20.3. The normalized spacial score (nSPS) is 11.3. The van der Waals surface area contributed by atoms with Crippen molar-refractivity contribution in [1.82, 2.24) is 49.2 Å². The zero-order chi connectivity index (χ0) is 56.6. The highest BCUT2D eigenvalue weighted by Gasteiger charge is 2.28. The third-order valence-corrected chi connectivity index (χ3v) is 15.4. The number of anilines is 4. The summed E-state index contributed by atoms with van der Waals surface area (Å²) < 4.78 is 34.3. The summed E-state index contributed by atoms with van der Waals surface area (Å²) in [6.07, 6.45) is 3.59. The second-order valence-corrected chi connectivity index (χ2v) is 26.0. The lowest BCUT2D eigenvalue weighted by Gasteiger charge is -2.16. The van der Waals surface area contributed by atoms with Crippen LogP contribution in [0.25, 0.3) is 78.3 Å². The van der Waals surface area contributed by atoms with E-state index < -0.39 is 8.07 Å². The Bertz CT molecular complexity index is 4060. The van der Waals surface area contributed by atoms with E-state index in [1.807, 2.05) is 140 Å². The second kappa shape index (κ2) is 24.1. The van der Waals surface area contributed by atoms with Crippen molar-refractivity contribution >= 4 is 42.6 Å². The Labute approximate surface area is 476 Å². The number of methoxy groups -OCH3 is 4. The van der Waals surface area contributed by atoms with Crippen molar-refractivity contribution in [3.8, 4) is 90.3 Å². The number of hydrogen-bond acceptors (Lipinski definition) is 13. The van der Waals surface area contributed by atoms with Crippen LogP contribution in [0.5, 0.6) is 23.3 Å². The molecular weight excluding hydrogens is 1040 g/mol. The molecule has 3 N–H and O–H groups in total. The van der Waals surface area contributed by atoms with Crippen LogP contribution in [0.4, 0.5) is 23.3 Å². The molecule has 0 unspecified atom stereocenters. The number of aromatic amines is 1. The highest BCUT2D eigenvalue weighted by molar-refractivity contribution is 6.76. The minimum atomic E-state index is -1.17. The first kappa shape index (κ1) is 53.9. The van der Waals surface area contributed by atoms with Crippen LogP contribution >= 0.6 is 0 Å². The molecule has 12 rings (SSSR count). The van der Waals surface area contributed by atoms with Gasteiger partial charge in [-0.05, 0) is 52.6 Å². The van der Waals surface area contributed by atoms with Gasteiger partial charge < -0.3 is 34.3 Å². The Hall–Kier alpha value is -10.0. The fraction of sp³-hybridized carbons (Fsp3) is 0.156. The smallest absolute Gasteiger partial charge is 0.228 e. The number of aromatic nitrogens is 10. The predicted molar refractivity (Wildman–Crippen MR) is 326 cm³/mol. The molecule has 82 heavy (non-hydrogen) atoms. The molecule has 0 aliphatic heterocycles. The number of H-pyrrole nitrogens is 1. The zero-order valence-electron chi connectivity index (χ0n) is 46.7. The molecule has 0 spiro atoms. The van der Waals surface area contributed by atoms with Crippen LogP contribution in [0, 0.1) is 0 Å². The molecule has 0 fully saturated rings. The Morgan fingerprint density at radius 2 is 0.902 bits per heavy atom. The zero-order valence-corrected chi connectivity index (χ0v) is 47.7.